The van der Waals surface area contributed by atoms with Gasteiger partial charge in [0, 0.05) is 11.8 Å². The molecule has 1 heterocycles. The van der Waals surface area contributed by atoms with Gasteiger partial charge in [0.2, 0.25) is 0 Å². The van der Waals surface area contributed by atoms with Crippen molar-refractivity contribution >= 4 is 18.0 Å². The van der Waals surface area contributed by atoms with Gasteiger partial charge >= 0.3 is 11.8 Å². The summed E-state index contributed by atoms with van der Waals surface area (Å²) >= 11 is 0. The van der Waals surface area contributed by atoms with Crippen LogP contribution in [0.2, 0.25) is 0 Å². The molecule has 0 fully saturated rings. The van der Waals surface area contributed by atoms with E-state index in [1.165, 1.54) is 18.2 Å². The highest BCUT2D eigenvalue weighted by Crippen LogP contribution is 2.02. The predicted molar refractivity (Wildman–Crippen MR) is 78.2 cm³/mol. The number of rotatable bonds is 4. The SMILES string of the molecule is O=C(NCc1ccccn1)C(=O)N/N=C\c1ccccc1F. The van der Waals surface area contributed by atoms with E-state index in [-0.39, 0.29) is 12.1 Å². The number of amides is 2. The Hall–Kier alpha value is -3.09. The molecule has 0 radical (unpaired) electrons. The van der Waals surface area contributed by atoms with E-state index in [1.54, 1.807) is 30.5 Å². The zero-order chi connectivity index (χ0) is 15.8. The molecule has 7 heteroatoms. The molecule has 1 aromatic carbocycles. The van der Waals surface area contributed by atoms with Crippen molar-refractivity contribution in [2.75, 3.05) is 0 Å². The average molecular weight is 300 g/mol. The minimum absolute atomic E-state index is 0.129. The summed E-state index contributed by atoms with van der Waals surface area (Å²) < 4.78 is 13.3. The summed E-state index contributed by atoms with van der Waals surface area (Å²) in [4.78, 5) is 27.0. The molecule has 0 spiro atoms. The van der Waals surface area contributed by atoms with E-state index in [0.29, 0.717) is 5.69 Å². The van der Waals surface area contributed by atoms with Crippen LogP contribution in [0.15, 0.2) is 53.8 Å². The van der Waals surface area contributed by atoms with Crippen LogP contribution >= 0.6 is 0 Å². The highest BCUT2D eigenvalue weighted by Gasteiger charge is 2.12. The Labute approximate surface area is 126 Å². The number of carbonyl (C=O) groups excluding carboxylic acids is 2. The van der Waals surface area contributed by atoms with Crippen molar-refractivity contribution in [2.24, 2.45) is 5.10 Å². The summed E-state index contributed by atoms with van der Waals surface area (Å²) in [5, 5.41) is 5.93. The second kappa shape index (κ2) is 7.63. The number of benzene rings is 1. The molecule has 112 valence electrons. The van der Waals surface area contributed by atoms with Crippen LogP contribution in [-0.2, 0) is 16.1 Å². The van der Waals surface area contributed by atoms with Gasteiger partial charge in [0.05, 0.1) is 18.5 Å². The van der Waals surface area contributed by atoms with Crippen molar-refractivity contribution in [1.82, 2.24) is 15.7 Å². The van der Waals surface area contributed by atoms with Gasteiger partial charge in [-0.25, -0.2) is 9.82 Å². The molecule has 0 unspecified atom stereocenters. The van der Waals surface area contributed by atoms with Gasteiger partial charge in [0.25, 0.3) is 0 Å². The third-order valence-electron chi connectivity index (χ3n) is 2.64. The standard InChI is InChI=1S/C15H13FN4O2/c16-13-7-2-1-5-11(13)9-19-20-15(22)14(21)18-10-12-6-3-4-8-17-12/h1-9H,10H2,(H,18,21)(H,20,22)/b19-9-. The fraction of sp³-hybridized carbons (Fsp3) is 0.0667. The Kier molecular flexibility index (Phi) is 5.31. The minimum Gasteiger partial charge on any atom is -0.342 e. The second-order valence-electron chi connectivity index (χ2n) is 4.22. The smallest absolute Gasteiger partial charge is 0.329 e. The highest BCUT2D eigenvalue weighted by atomic mass is 19.1. The van der Waals surface area contributed by atoms with Gasteiger partial charge in [-0.1, -0.05) is 24.3 Å². The molecule has 0 saturated heterocycles. The molecular formula is C15H13FN4O2. The van der Waals surface area contributed by atoms with E-state index >= 15 is 0 Å². The Balaban J connectivity index is 1.82. The molecule has 0 aliphatic carbocycles. The van der Waals surface area contributed by atoms with Gasteiger partial charge in [-0.3, -0.25) is 14.6 Å². The zero-order valence-electron chi connectivity index (χ0n) is 11.5. The quantitative estimate of drug-likeness (QED) is 0.502. The third-order valence-corrected chi connectivity index (χ3v) is 2.64. The van der Waals surface area contributed by atoms with Gasteiger partial charge in [-0.15, -0.1) is 0 Å². The van der Waals surface area contributed by atoms with Crippen LogP contribution in [0, 0.1) is 5.82 Å². The number of hydrogen-bond acceptors (Lipinski definition) is 4. The number of hydrazone groups is 1. The number of halogens is 1. The largest absolute Gasteiger partial charge is 0.342 e. The first kappa shape index (κ1) is 15.3. The summed E-state index contributed by atoms with van der Waals surface area (Å²) in [6.45, 7) is 0.129. The topological polar surface area (TPSA) is 83.5 Å². The molecule has 2 amide bonds. The molecule has 2 aromatic rings. The molecular weight excluding hydrogens is 287 g/mol. The number of carbonyl (C=O) groups is 2. The molecule has 2 rings (SSSR count). The van der Waals surface area contributed by atoms with Crippen LogP contribution in [0.25, 0.3) is 0 Å². The maximum absolute atomic E-state index is 13.3. The van der Waals surface area contributed by atoms with Gasteiger partial charge in [-0.2, -0.15) is 5.10 Å². The fourth-order valence-electron chi connectivity index (χ4n) is 1.54. The number of hydrogen-bond donors (Lipinski definition) is 2. The number of nitrogens with zero attached hydrogens (tertiary/aromatic N) is 2. The first-order valence-corrected chi connectivity index (χ1v) is 6.42. The molecule has 0 aliphatic heterocycles. The van der Waals surface area contributed by atoms with E-state index < -0.39 is 17.6 Å². The van der Waals surface area contributed by atoms with E-state index in [0.717, 1.165) is 6.21 Å². The van der Waals surface area contributed by atoms with Crippen molar-refractivity contribution in [3.8, 4) is 0 Å². The van der Waals surface area contributed by atoms with Gasteiger partial charge in [0.1, 0.15) is 5.82 Å². The van der Waals surface area contributed by atoms with Gasteiger partial charge < -0.3 is 5.32 Å². The highest BCUT2D eigenvalue weighted by molar-refractivity contribution is 6.35. The first-order valence-electron chi connectivity index (χ1n) is 6.42. The predicted octanol–water partition coefficient (Wildman–Crippen LogP) is 0.987. The van der Waals surface area contributed by atoms with E-state index in [4.69, 9.17) is 0 Å². The van der Waals surface area contributed by atoms with Crippen LogP contribution < -0.4 is 10.7 Å². The molecule has 0 atom stereocenters. The van der Waals surface area contributed by atoms with Crippen LogP contribution in [0.5, 0.6) is 0 Å². The minimum atomic E-state index is -0.941. The lowest BCUT2D eigenvalue weighted by Crippen LogP contribution is -2.37. The van der Waals surface area contributed by atoms with E-state index in [2.05, 4.69) is 15.4 Å². The van der Waals surface area contributed by atoms with Crippen molar-refractivity contribution in [2.45, 2.75) is 6.54 Å². The van der Waals surface area contributed by atoms with Crippen LogP contribution in [0.4, 0.5) is 4.39 Å². The summed E-state index contributed by atoms with van der Waals surface area (Å²) in [5.41, 5.74) is 2.85. The van der Waals surface area contributed by atoms with Crippen molar-refractivity contribution in [3.63, 3.8) is 0 Å². The van der Waals surface area contributed by atoms with E-state index in [9.17, 15) is 14.0 Å². The lowest BCUT2D eigenvalue weighted by molar-refractivity contribution is -0.139. The Morgan fingerprint density at radius 2 is 1.91 bits per heavy atom. The fourth-order valence-corrected chi connectivity index (χ4v) is 1.54. The molecule has 0 bridgehead atoms. The van der Waals surface area contributed by atoms with E-state index in [1.807, 2.05) is 5.43 Å². The van der Waals surface area contributed by atoms with Crippen LogP contribution in [-0.4, -0.2) is 23.0 Å². The summed E-state index contributed by atoms with van der Waals surface area (Å²) in [5.74, 6) is -2.26. The maximum atomic E-state index is 13.3. The summed E-state index contributed by atoms with van der Waals surface area (Å²) in [7, 11) is 0. The zero-order valence-corrected chi connectivity index (χ0v) is 11.5. The monoisotopic (exact) mass is 300 g/mol. The molecule has 0 aliphatic rings. The summed E-state index contributed by atoms with van der Waals surface area (Å²) in [6, 6.07) is 11.2. The van der Waals surface area contributed by atoms with Crippen molar-refractivity contribution < 1.29 is 14.0 Å². The normalized spacial score (nSPS) is 10.4. The molecule has 22 heavy (non-hydrogen) atoms. The van der Waals surface area contributed by atoms with Crippen LogP contribution in [0.1, 0.15) is 11.3 Å². The lowest BCUT2D eigenvalue weighted by Gasteiger charge is -2.03. The Morgan fingerprint density at radius 3 is 2.64 bits per heavy atom. The number of aromatic nitrogens is 1. The van der Waals surface area contributed by atoms with Crippen molar-refractivity contribution in [1.29, 1.82) is 0 Å². The Morgan fingerprint density at radius 1 is 1.14 bits per heavy atom. The summed E-state index contributed by atoms with van der Waals surface area (Å²) in [6.07, 6.45) is 2.71. The molecule has 2 N–H and O–H groups in total. The second-order valence-corrected chi connectivity index (χ2v) is 4.22. The maximum Gasteiger partial charge on any atom is 0.329 e. The number of nitrogens with one attached hydrogen (secondary N) is 2. The first-order chi connectivity index (χ1) is 10.7. The van der Waals surface area contributed by atoms with Crippen molar-refractivity contribution in [3.05, 3.63) is 65.7 Å². The lowest BCUT2D eigenvalue weighted by atomic mass is 10.2. The molecule has 1 aromatic heterocycles. The number of pyridine rings is 1. The third kappa shape index (κ3) is 4.48. The van der Waals surface area contributed by atoms with Gasteiger partial charge in [-0.05, 0) is 18.2 Å². The van der Waals surface area contributed by atoms with Crippen LogP contribution in [0.3, 0.4) is 0 Å². The molecule has 6 nitrogen and oxygen atoms in total. The Bertz CT molecular complexity index is 689. The van der Waals surface area contributed by atoms with Gasteiger partial charge in [0.15, 0.2) is 0 Å². The molecule has 0 saturated carbocycles. The average Bonchev–Trinajstić information content (AvgIpc) is 2.55.